The molecule has 0 spiro atoms. The van der Waals surface area contributed by atoms with Crippen molar-refractivity contribution in [2.24, 2.45) is 0 Å². The molecule has 1 aromatic heterocycles. The Morgan fingerprint density at radius 2 is 1.75 bits per heavy atom. The van der Waals surface area contributed by atoms with Gasteiger partial charge in [0.15, 0.2) is 17.3 Å². The highest BCUT2D eigenvalue weighted by molar-refractivity contribution is 5.88. The summed E-state index contributed by atoms with van der Waals surface area (Å²) in [6.45, 7) is -0.607. The van der Waals surface area contributed by atoms with E-state index in [1.54, 1.807) is 0 Å². The van der Waals surface area contributed by atoms with E-state index < -0.39 is 59.6 Å². The van der Waals surface area contributed by atoms with Crippen LogP contribution in [0.25, 0.3) is 22.3 Å². The van der Waals surface area contributed by atoms with Gasteiger partial charge in [-0.25, -0.2) is 0 Å². The van der Waals surface area contributed by atoms with Crippen LogP contribution in [0.5, 0.6) is 28.7 Å². The molecular formula is C21H20O11. The molecule has 0 saturated carbocycles. The maximum Gasteiger partial charge on any atom is 0.239 e. The maximum absolute atomic E-state index is 13.3. The van der Waals surface area contributed by atoms with Crippen LogP contribution in [0.4, 0.5) is 0 Å². The van der Waals surface area contributed by atoms with Gasteiger partial charge in [0.2, 0.25) is 17.5 Å². The summed E-state index contributed by atoms with van der Waals surface area (Å²) < 4.78 is 21.7. The summed E-state index contributed by atoms with van der Waals surface area (Å²) in [5.74, 6) is -1.89. The number of hydrogen-bond acceptors (Lipinski definition) is 11. The summed E-state index contributed by atoms with van der Waals surface area (Å²) in [6, 6.07) is 6.17. The van der Waals surface area contributed by atoms with Gasteiger partial charge in [0, 0.05) is 17.7 Å². The van der Waals surface area contributed by atoms with Crippen LogP contribution in [0.3, 0.4) is 0 Å². The number of fused-ring (bicyclic) bond motifs is 1. The van der Waals surface area contributed by atoms with Gasteiger partial charge < -0.3 is 49.3 Å². The number of ether oxygens (including phenoxy) is 3. The van der Waals surface area contributed by atoms with E-state index in [4.69, 9.17) is 18.6 Å². The fourth-order valence-corrected chi connectivity index (χ4v) is 3.42. The van der Waals surface area contributed by atoms with Crippen LogP contribution in [-0.2, 0) is 4.74 Å². The molecular weight excluding hydrogens is 428 g/mol. The van der Waals surface area contributed by atoms with Crippen molar-refractivity contribution in [1.82, 2.24) is 0 Å². The first-order valence-corrected chi connectivity index (χ1v) is 9.44. The molecule has 11 nitrogen and oxygen atoms in total. The molecule has 4 rings (SSSR count). The molecule has 1 aliphatic rings. The highest BCUT2D eigenvalue weighted by atomic mass is 16.7. The fraction of sp³-hybridized carbons (Fsp3) is 0.286. The van der Waals surface area contributed by atoms with Gasteiger partial charge in [-0.3, -0.25) is 4.79 Å². The minimum absolute atomic E-state index is 0.0667. The Morgan fingerprint density at radius 3 is 2.38 bits per heavy atom. The molecule has 0 aliphatic carbocycles. The van der Waals surface area contributed by atoms with Crippen LogP contribution in [0.1, 0.15) is 0 Å². The van der Waals surface area contributed by atoms with Crippen molar-refractivity contribution in [3.8, 4) is 40.1 Å². The Bertz CT molecular complexity index is 1220. The SMILES string of the molecule is COc1cc(O)c2c(=O)c(OC3OC(CO)C(O)C3O)c(-c3ccc(O)c(O)c3)oc2c1. The molecule has 4 unspecified atom stereocenters. The predicted molar refractivity (Wildman–Crippen MR) is 108 cm³/mol. The summed E-state index contributed by atoms with van der Waals surface area (Å²) in [7, 11) is 1.36. The molecule has 1 aliphatic heterocycles. The van der Waals surface area contributed by atoms with Gasteiger partial charge in [-0.2, -0.15) is 0 Å². The topological polar surface area (TPSA) is 179 Å². The minimum atomic E-state index is -1.60. The quantitative estimate of drug-likeness (QED) is 0.298. The summed E-state index contributed by atoms with van der Waals surface area (Å²) in [6.07, 6.45) is -5.78. The second kappa shape index (κ2) is 8.20. The molecule has 2 heterocycles. The lowest BCUT2D eigenvalue weighted by atomic mass is 10.1. The first-order chi connectivity index (χ1) is 15.2. The number of aromatic hydroxyl groups is 3. The number of aliphatic hydroxyl groups excluding tert-OH is 3. The Labute approximate surface area is 179 Å². The molecule has 170 valence electrons. The Morgan fingerprint density at radius 1 is 1.00 bits per heavy atom. The monoisotopic (exact) mass is 448 g/mol. The van der Waals surface area contributed by atoms with Gasteiger partial charge in [0.25, 0.3) is 0 Å². The summed E-state index contributed by atoms with van der Waals surface area (Å²) in [5, 5.41) is 59.1. The molecule has 11 heteroatoms. The van der Waals surface area contributed by atoms with Crippen molar-refractivity contribution in [3.63, 3.8) is 0 Å². The van der Waals surface area contributed by atoms with Gasteiger partial charge in [-0.05, 0) is 18.2 Å². The average Bonchev–Trinajstić information content (AvgIpc) is 3.04. The highest BCUT2D eigenvalue weighted by Gasteiger charge is 2.44. The van der Waals surface area contributed by atoms with Crippen LogP contribution in [0.2, 0.25) is 0 Å². The number of methoxy groups -OCH3 is 1. The minimum Gasteiger partial charge on any atom is -0.507 e. The molecule has 1 fully saturated rings. The van der Waals surface area contributed by atoms with Gasteiger partial charge >= 0.3 is 0 Å². The Hall–Kier alpha value is -3.51. The lowest BCUT2D eigenvalue weighted by Gasteiger charge is -2.19. The molecule has 4 atom stereocenters. The Kier molecular flexibility index (Phi) is 5.57. The molecule has 2 aromatic carbocycles. The number of phenols is 3. The third-order valence-corrected chi connectivity index (χ3v) is 5.11. The van der Waals surface area contributed by atoms with E-state index >= 15 is 0 Å². The highest BCUT2D eigenvalue weighted by Crippen LogP contribution is 2.39. The predicted octanol–water partition coefficient (Wildman–Crippen LogP) is 0.403. The van der Waals surface area contributed by atoms with Crippen LogP contribution < -0.4 is 14.9 Å². The normalized spacial score (nSPS) is 22.9. The Balaban J connectivity index is 1.93. The first kappa shape index (κ1) is 21.7. The van der Waals surface area contributed by atoms with E-state index in [0.29, 0.717) is 0 Å². The zero-order valence-corrected chi connectivity index (χ0v) is 16.6. The summed E-state index contributed by atoms with van der Waals surface area (Å²) in [5.41, 5.74) is -0.794. The van der Waals surface area contributed by atoms with Gasteiger partial charge in [0.1, 0.15) is 40.8 Å². The number of hydrogen-bond donors (Lipinski definition) is 6. The lowest BCUT2D eigenvalue weighted by Crippen LogP contribution is -2.36. The molecule has 3 aromatic rings. The summed E-state index contributed by atoms with van der Waals surface area (Å²) in [4.78, 5) is 13.3. The smallest absolute Gasteiger partial charge is 0.239 e. The van der Waals surface area contributed by atoms with Crippen molar-refractivity contribution in [2.45, 2.75) is 24.6 Å². The zero-order valence-electron chi connectivity index (χ0n) is 16.6. The maximum atomic E-state index is 13.3. The first-order valence-electron chi connectivity index (χ1n) is 9.44. The van der Waals surface area contributed by atoms with E-state index in [-0.39, 0.29) is 28.0 Å². The molecule has 0 bridgehead atoms. The molecule has 1 saturated heterocycles. The number of aliphatic hydroxyl groups is 3. The van der Waals surface area contributed by atoms with Crippen LogP contribution in [0, 0.1) is 0 Å². The van der Waals surface area contributed by atoms with E-state index in [2.05, 4.69) is 0 Å². The van der Waals surface area contributed by atoms with Crippen molar-refractivity contribution in [1.29, 1.82) is 0 Å². The molecule has 0 radical (unpaired) electrons. The van der Waals surface area contributed by atoms with E-state index in [1.165, 1.54) is 25.3 Å². The summed E-state index contributed by atoms with van der Waals surface area (Å²) >= 11 is 0. The number of rotatable bonds is 5. The number of benzene rings is 2. The van der Waals surface area contributed by atoms with Crippen LogP contribution in [-0.4, -0.2) is 69.0 Å². The second-order valence-electron chi connectivity index (χ2n) is 7.14. The lowest BCUT2D eigenvalue weighted by molar-refractivity contribution is -0.117. The van der Waals surface area contributed by atoms with Gasteiger partial charge in [0.05, 0.1) is 13.7 Å². The zero-order chi connectivity index (χ0) is 23.2. The largest absolute Gasteiger partial charge is 0.507 e. The number of phenolic OH excluding ortho intramolecular Hbond substituents is 3. The van der Waals surface area contributed by atoms with Gasteiger partial charge in [-0.1, -0.05) is 0 Å². The van der Waals surface area contributed by atoms with Crippen LogP contribution >= 0.6 is 0 Å². The average molecular weight is 448 g/mol. The van der Waals surface area contributed by atoms with Crippen molar-refractivity contribution < 1.29 is 49.3 Å². The molecule has 6 N–H and O–H groups in total. The standard InChI is InChI=1S/C21H20O11/c1-29-9-5-12(25)15-13(6-9)30-19(8-2-3-10(23)11(24)4-8)20(17(15)27)32-21-18(28)16(26)14(7-22)31-21/h2-6,14,16,18,21-26,28H,7H2,1H3. The van der Waals surface area contributed by atoms with Gasteiger partial charge in [-0.15, -0.1) is 0 Å². The third kappa shape index (κ3) is 3.56. The van der Waals surface area contributed by atoms with Crippen molar-refractivity contribution in [3.05, 3.63) is 40.6 Å². The van der Waals surface area contributed by atoms with Crippen LogP contribution in [0.15, 0.2) is 39.5 Å². The van der Waals surface area contributed by atoms with Crippen molar-refractivity contribution >= 4 is 11.0 Å². The van der Waals surface area contributed by atoms with E-state index in [1.807, 2.05) is 0 Å². The van der Waals surface area contributed by atoms with E-state index in [0.717, 1.165) is 12.1 Å². The molecule has 0 amide bonds. The third-order valence-electron chi connectivity index (χ3n) is 5.11. The molecule has 32 heavy (non-hydrogen) atoms. The van der Waals surface area contributed by atoms with E-state index in [9.17, 15) is 35.4 Å². The fourth-order valence-electron chi connectivity index (χ4n) is 3.42. The second-order valence-corrected chi connectivity index (χ2v) is 7.14. The van der Waals surface area contributed by atoms with Crippen molar-refractivity contribution in [2.75, 3.05) is 13.7 Å².